The van der Waals surface area contributed by atoms with E-state index in [0.717, 1.165) is 34.9 Å². The summed E-state index contributed by atoms with van der Waals surface area (Å²) in [5.74, 6) is 2.54. The third-order valence-electron chi connectivity index (χ3n) is 12.1. The van der Waals surface area contributed by atoms with E-state index in [1.165, 1.54) is 50.8 Å². The number of hydrogen-bond acceptors (Lipinski definition) is 3. The summed E-state index contributed by atoms with van der Waals surface area (Å²) in [7, 11) is 0. The van der Waals surface area contributed by atoms with Crippen molar-refractivity contribution in [2.24, 2.45) is 0 Å². The van der Waals surface area contributed by atoms with Crippen molar-refractivity contribution < 1.29 is 0 Å². The second-order valence-corrected chi connectivity index (χ2v) is 16.7. The molecule has 3 aliphatic carbocycles. The number of fused-ring (bicyclic) bond motifs is 5. The molecule has 6 aromatic rings. The summed E-state index contributed by atoms with van der Waals surface area (Å²) in [6.45, 7) is 14.2. The lowest BCUT2D eigenvalue weighted by molar-refractivity contribution is 0.332. The smallest absolute Gasteiger partial charge is 0.164 e. The maximum Gasteiger partial charge on any atom is 0.164 e. The summed E-state index contributed by atoms with van der Waals surface area (Å²) in [5, 5.41) is 2.31. The summed E-state index contributed by atoms with van der Waals surface area (Å²) in [4.78, 5) is 15.8. The van der Waals surface area contributed by atoms with Crippen molar-refractivity contribution in [2.75, 3.05) is 0 Å². The highest BCUT2D eigenvalue weighted by Crippen LogP contribution is 2.51. The largest absolute Gasteiger partial charge is 0.208 e. The van der Waals surface area contributed by atoms with Crippen LogP contribution in [-0.2, 0) is 16.2 Å². The van der Waals surface area contributed by atoms with E-state index < -0.39 is 0 Å². The summed E-state index contributed by atoms with van der Waals surface area (Å²) < 4.78 is 0. The molecule has 3 heteroatoms. The molecule has 1 unspecified atom stereocenters. The van der Waals surface area contributed by atoms with Crippen molar-refractivity contribution in [1.82, 2.24) is 15.0 Å². The molecule has 9 rings (SSSR count). The highest BCUT2D eigenvalue weighted by atomic mass is 15.0. The highest BCUT2D eigenvalue weighted by molar-refractivity contribution is 5.95. The third-order valence-corrected chi connectivity index (χ3v) is 12.1. The molecule has 0 amide bonds. The Bertz CT molecular complexity index is 2430. The van der Waals surface area contributed by atoms with Crippen molar-refractivity contribution in [3.05, 3.63) is 149 Å². The van der Waals surface area contributed by atoms with Crippen molar-refractivity contribution in [1.29, 1.82) is 0 Å². The van der Waals surface area contributed by atoms with Crippen LogP contribution in [0.4, 0.5) is 0 Å². The quantitative estimate of drug-likeness (QED) is 0.188. The van der Waals surface area contributed by atoms with Crippen LogP contribution in [0, 0.1) is 0 Å². The lowest BCUT2D eigenvalue weighted by atomic mass is 9.63. The van der Waals surface area contributed by atoms with Gasteiger partial charge in [-0.3, -0.25) is 0 Å². The normalized spacial score (nSPS) is 19.1. The van der Waals surface area contributed by atoms with E-state index in [4.69, 9.17) is 15.0 Å². The molecule has 51 heavy (non-hydrogen) atoms. The van der Waals surface area contributed by atoms with Gasteiger partial charge in [-0.25, -0.2) is 15.0 Å². The zero-order valence-electron chi connectivity index (χ0n) is 30.6. The first-order valence-electron chi connectivity index (χ1n) is 18.5. The zero-order valence-corrected chi connectivity index (χ0v) is 30.6. The van der Waals surface area contributed by atoms with Crippen LogP contribution >= 0.6 is 0 Å². The summed E-state index contributed by atoms with van der Waals surface area (Å²) in [6, 6.07) is 35.7. The molecule has 252 valence electrons. The van der Waals surface area contributed by atoms with Gasteiger partial charge in [0.05, 0.1) is 0 Å². The van der Waals surface area contributed by atoms with Crippen LogP contribution in [-0.4, -0.2) is 15.0 Å². The van der Waals surface area contributed by atoms with Crippen LogP contribution in [0.3, 0.4) is 0 Å². The molecular weight excluding hydrogens is 619 g/mol. The maximum absolute atomic E-state index is 5.27. The van der Waals surface area contributed by atoms with Crippen LogP contribution in [0.5, 0.6) is 0 Å². The Kier molecular flexibility index (Phi) is 7.13. The van der Waals surface area contributed by atoms with Gasteiger partial charge in [-0.05, 0) is 91.9 Å². The molecule has 3 aliphatic rings. The highest BCUT2D eigenvalue weighted by Gasteiger charge is 2.38. The van der Waals surface area contributed by atoms with Crippen LogP contribution < -0.4 is 0 Å². The van der Waals surface area contributed by atoms with Gasteiger partial charge in [-0.1, -0.05) is 151 Å². The van der Waals surface area contributed by atoms with Gasteiger partial charge in [0.15, 0.2) is 17.5 Å². The molecule has 1 heterocycles. The molecule has 5 aromatic carbocycles. The minimum Gasteiger partial charge on any atom is -0.208 e. The minimum absolute atomic E-state index is 0.0829. The van der Waals surface area contributed by atoms with Gasteiger partial charge >= 0.3 is 0 Å². The molecule has 3 nitrogen and oxygen atoms in total. The molecule has 1 aromatic heterocycles. The molecule has 0 N–H and O–H groups in total. The number of nitrogens with zero attached hydrogens (tertiary/aromatic N) is 3. The molecule has 0 spiro atoms. The Labute approximate surface area is 302 Å². The topological polar surface area (TPSA) is 38.7 Å². The van der Waals surface area contributed by atoms with Gasteiger partial charge < -0.3 is 0 Å². The molecule has 0 aliphatic heterocycles. The third kappa shape index (κ3) is 5.20. The first-order chi connectivity index (χ1) is 24.5. The first-order valence-corrected chi connectivity index (χ1v) is 18.5. The Balaban J connectivity index is 1.20. The molecule has 0 fully saturated rings. The van der Waals surface area contributed by atoms with Gasteiger partial charge in [0.1, 0.15) is 0 Å². The van der Waals surface area contributed by atoms with E-state index in [0.29, 0.717) is 23.4 Å². The van der Waals surface area contributed by atoms with Gasteiger partial charge in [0.2, 0.25) is 0 Å². The Hall–Kier alpha value is -5.15. The molecule has 0 saturated heterocycles. The number of allylic oxidation sites excluding steroid dienone is 4. The number of hydrogen-bond donors (Lipinski definition) is 0. The molecular formula is C48H45N3. The summed E-state index contributed by atoms with van der Waals surface area (Å²) in [5.41, 5.74) is 12.7. The first kappa shape index (κ1) is 31.8. The van der Waals surface area contributed by atoms with Crippen LogP contribution in [0.25, 0.3) is 56.1 Å². The second-order valence-electron chi connectivity index (χ2n) is 16.7. The fourth-order valence-corrected chi connectivity index (χ4v) is 8.86. The average molecular weight is 664 g/mol. The van der Waals surface area contributed by atoms with Crippen molar-refractivity contribution in [3.8, 4) is 45.3 Å². The van der Waals surface area contributed by atoms with Crippen LogP contribution in [0.1, 0.15) is 94.5 Å². The van der Waals surface area contributed by atoms with E-state index >= 15 is 0 Å². The van der Waals surface area contributed by atoms with Crippen molar-refractivity contribution >= 4 is 10.8 Å². The van der Waals surface area contributed by atoms with Crippen LogP contribution in [0.2, 0.25) is 0 Å². The average Bonchev–Trinajstić information content (AvgIpc) is 3.38. The minimum atomic E-state index is -0.157. The standard InChI is InChI=1S/C48H45N3/c1-46(2)25-26-47(3,4)42-29-34(21-24-39(42)46)44-49-43(50-45(51-44)38-18-12-16-31-15-10-11-17-35(31)38)33-20-23-37-36-22-19-32(30-13-8-7-9-14-30)27-40(36)48(5,6)41(37)28-33/h7-13,15-24,27-30H,14,25-26H2,1-6H3. The van der Waals surface area contributed by atoms with E-state index in [1.54, 1.807) is 0 Å². The lowest BCUT2D eigenvalue weighted by Crippen LogP contribution is -2.33. The van der Waals surface area contributed by atoms with Gasteiger partial charge in [-0.2, -0.15) is 0 Å². The number of aromatic nitrogens is 3. The Morgan fingerprint density at radius 1 is 0.529 bits per heavy atom. The predicted molar refractivity (Wildman–Crippen MR) is 212 cm³/mol. The van der Waals surface area contributed by atoms with E-state index in [-0.39, 0.29) is 16.2 Å². The molecule has 1 atom stereocenters. The zero-order chi connectivity index (χ0) is 35.1. The van der Waals surface area contributed by atoms with Crippen molar-refractivity contribution in [2.45, 2.75) is 83.0 Å². The number of benzene rings is 5. The van der Waals surface area contributed by atoms with Gasteiger partial charge in [-0.15, -0.1) is 0 Å². The lowest BCUT2D eigenvalue weighted by Gasteiger charge is -2.42. The van der Waals surface area contributed by atoms with Crippen molar-refractivity contribution in [3.63, 3.8) is 0 Å². The fraction of sp³-hybridized carbons (Fsp3) is 0.271. The molecule has 0 radical (unpaired) electrons. The predicted octanol–water partition coefficient (Wildman–Crippen LogP) is 12.3. The molecule has 0 bridgehead atoms. The van der Waals surface area contributed by atoms with Gasteiger partial charge in [0.25, 0.3) is 0 Å². The second kappa shape index (κ2) is 11.4. The van der Waals surface area contributed by atoms with E-state index in [2.05, 4.69) is 163 Å². The number of rotatable bonds is 4. The van der Waals surface area contributed by atoms with E-state index in [9.17, 15) is 0 Å². The fourth-order valence-electron chi connectivity index (χ4n) is 8.86. The summed E-state index contributed by atoms with van der Waals surface area (Å²) in [6.07, 6.45) is 12.3. The Morgan fingerprint density at radius 2 is 1.16 bits per heavy atom. The van der Waals surface area contributed by atoms with E-state index in [1.807, 2.05) is 0 Å². The van der Waals surface area contributed by atoms with Gasteiger partial charge in [0, 0.05) is 28.0 Å². The Morgan fingerprint density at radius 3 is 1.90 bits per heavy atom. The monoisotopic (exact) mass is 663 g/mol. The molecule has 0 saturated carbocycles. The van der Waals surface area contributed by atoms with Crippen LogP contribution in [0.15, 0.2) is 121 Å². The maximum atomic E-state index is 5.27. The summed E-state index contributed by atoms with van der Waals surface area (Å²) >= 11 is 0. The SMILES string of the molecule is CC1(C)CCC(C)(C)c2cc(-c3nc(-c4ccc5c(c4)C(C)(C)c4cc(C6C=CC=CC6)ccc4-5)nc(-c4cccc5ccccc45)n3)ccc21.